The lowest BCUT2D eigenvalue weighted by molar-refractivity contribution is 1.31. The summed E-state index contributed by atoms with van der Waals surface area (Å²) in [6, 6.07) is 15.3. The second kappa shape index (κ2) is 7.74. The lowest BCUT2D eigenvalue weighted by Crippen LogP contribution is -2.24. The fourth-order valence-electron chi connectivity index (χ4n) is 4.45. The number of rotatable bonds is 3. The fourth-order valence-corrected chi connectivity index (χ4v) is 4.92. The first-order chi connectivity index (χ1) is 12.7. The van der Waals surface area contributed by atoms with Gasteiger partial charge in [-0.05, 0) is 91.5 Å². The molecule has 0 fully saturated rings. The Morgan fingerprint density at radius 1 is 0.593 bits per heavy atom. The third-order valence-corrected chi connectivity index (χ3v) is 5.65. The summed E-state index contributed by atoms with van der Waals surface area (Å²) in [5.41, 5.74) is 12.6. The Morgan fingerprint density at radius 3 is 1.22 bits per heavy atom. The van der Waals surface area contributed by atoms with Gasteiger partial charge in [0.25, 0.3) is 0 Å². The van der Waals surface area contributed by atoms with Crippen LogP contribution in [0.5, 0.6) is 0 Å². The van der Waals surface area contributed by atoms with Gasteiger partial charge >= 0.3 is 5.54 Å². The zero-order valence-electron chi connectivity index (χ0n) is 16.9. The fraction of sp³-hybridized carbons (Fsp3) is 0.250. The minimum absolute atomic E-state index is 0.601. The maximum Gasteiger partial charge on any atom is 0.384 e. The van der Waals surface area contributed by atoms with E-state index in [1.165, 1.54) is 44.5 Å². The van der Waals surface area contributed by atoms with Gasteiger partial charge in [-0.15, -0.1) is 0 Å². The van der Waals surface area contributed by atoms with E-state index in [1.807, 2.05) is 0 Å². The highest BCUT2D eigenvalue weighted by Gasteiger charge is 2.24. The van der Waals surface area contributed by atoms with Gasteiger partial charge in [0, 0.05) is 0 Å². The Hall–Kier alpha value is -1.70. The Bertz CT molecular complexity index is 897. The molecule has 0 spiro atoms. The zero-order valence-corrected chi connectivity index (χ0v) is 18.4. The SMILES string of the molecule is Cc1cc(C)c(-c2cccc(-c3c(C)cc(C)cc3C)c2B(Cl)Cl)c(C)c1. The topological polar surface area (TPSA) is 0 Å². The van der Waals surface area contributed by atoms with Crippen LogP contribution in [0, 0.1) is 41.5 Å². The molecule has 0 unspecified atom stereocenters. The highest BCUT2D eigenvalue weighted by molar-refractivity contribution is 7.40. The molecular formula is C24H25BCl2. The second-order valence-electron chi connectivity index (χ2n) is 7.61. The number of hydrogen-bond acceptors (Lipinski definition) is 0. The van der Waals surface area contributed by atoms with Crippen molar-refractivity contribution in [3.8, 4) is 22.3 Å². The van der Waals surface area contributed by atoms with Gasteiger partial charge in [-0.1, -0.05) is 53.6 Å². The lowest BCUT2D eigenvalue weighted by Gasteiger charge is -2.21. The summed E-state index contributed by atoms with van der Waals surface area (Å²) >= 11 is 13.1. The third-order valence-electron chi connectivity index (χ3n) is 5.22. The van der Waals surface area contributed by atoms with Gasteiger partial charge in [-0.3, -0.25) is 0 Å². The molecule has 3 aromatic rings. The predicted molar refractivity (Wildman–Crippen MR) is 123 cm³/mol. The van der Waals surface area contributed by atoms with Crippen molar-refractivity contribution in [1.82, 2.24) is 0 Å². The van der Waals surface area contributed by atoms with E-state index < -0.39 is 5.54 Å². The molecule has 0 radical (unpaired) electrons. The molecule has 0 heterocycles. The molecule has 3 rings (SSSR count). The van der Waals surface area contributed by atoms with Crippen molar-refractivity contribution in [1.29, 1.82) is 0 Å². The molecular weight excluding hydrogens is 370 g/mol. The van der Waals surface area contributed by atoms with E-state index in [0.717, 1.165) is 16.6 Å². The number of aryl methyl sites for hydroxylation is 6. The molecule has 0 aliphatic carbocycles. The van der Waals surface area contributed by atoms with Crippen LogP contribution in [0.1, 0.15) is 33.4 Å². The third kappa shape index (κ3) is 3.81. The lowest BCUT2D eigenvalue weighted by atomic mass is 9.76. The molecule has 0 saturated carbocycles. The van der Waals surface area contributed by atoms with Gasteiger partial charge in [0.05, 0.1) is 0 Å². The van der Waals surface area contributed by atoms with Crippen molar-refractivity contribution >= 4 is 33.9 Å². The van der Waals surface area contributed by atoms with Crippen molar-refractivity contribution in [2.45, 2.75) is 41.5 Å². The highest BCUT2D eigenvalue weighted by atomic mass is 35.5. The van der Waals surface area contributed by atoms with E-state index in [-0.39, 0.29) is 0 Å². The first-order valence-corrected chi connectivity index (χ1v) is 10.2. The van der Waals surface area contributed by atoms with Crippen molar-refractivity contribution in [3.05, 3.63) is 75.8 Å². The Morgan fingerprint density at radius 2 is 0.926 bits per heavy atom. The summed E-state index contributed by atoms with van der Waals surface area (Å²) in [6.45, 7) is 12.9. The van der Waals surface area contributed by atoms with Gasteiger partial charge in [0.1, 0.15) is 0 Å². The molecule has 0 bridgehead atoms. The summed E-state index contributed by atoms with van der Waals surface area (Å²) in [7, 11) is 0. The first kappa shape index (κ1) is 20.0. The number of benzene rings is 3. The Labute approximate surface area is 173 Å². The molecule has 0 nitrogen and oxygen atoms in total. The average Bonchev–Trinajstić information content (AvgIpc) is 2.52. The van der Waals surface area contributed by atoms with Gasteiger partial charge in [-0.2, -0.15) is 22.9 Å². The van der Waals surface area contributed by atoms with Crippen molar-refractivity contribution in [2.24, 2.45) is 0 Å². The van der Waals surface area contributed by atoms with Crippen molar-refractivity contribution in [2.75, 3.05) is 0 Å². The predicted octanol–water partition coefficient (Wildman–Crippen LogP) is 7.04. The number of halogens is 2. The van der Waals surface area contributed by atoms with Gasteiger partial charge in [0.2, 0.25) is 0 Å². The van der Waals surface area contributed by atoms with Crippen LogP contribution in [0.15, 0.2) is 42.5 Å². The standard InChI is InChI=1S/C24H25BCl2/c1-14-10-16(3)22(17(4)11-14)20-8-7-9-21(24(20)25(26)27)23-18(5)12-15(2)13-19(23)6/h7-13H,1-6H3. The largest absolute Gasteiger partial charge is 0.384 e. The van der Waals surface area contributed by atoms with Crippen molar-refractivity contribution in [3.63, 3.8) is 0 Å². The van der Waals surface area contributed by atoms with Crippen LogP contribution in [0.3, 0.4) is 0 Å². The molecule has 0 amide bonds. The van der Waals surface area contributed by atoms with E-state index in [4.69, 9.17) is 22.9 Å². The highest BCUT2D eigenvalue weighted by Crippen LogP contribution is 2.34. The first-order valence-electron chi connectivity index (χ1n) is 9.28. The maximum atomic E-state index is 6.55. The van der Waals surface area contributed by atoms with Crippen LogP contribution in [0.25, 0.3) is 22.3 Å². The molecule has 0 aliphatic rings. The Balaban J connectivity index is 2.37. The van der Waals surface area contributed by atoms with Gasteiger partial charge in [0.15, 0.2) is 0 Å². The quantitative estimate of drug-likeness (QED) is 0.417. The smallest absolute Gasteiger partial charge is 0.164 e. The molecule has 0 aromatic heterocycles. The van der Waals surface area contributed by atoms with Crippen LogP contribution in [-0.2, 0) is 0 Å². The Kier molecular flexibility index (Phi) is 5.75. The van der Waals surface area contributed by atoms with E-state index in [1.54, 1.807) is 0 Å². The molecule has 27 heavy (non-hydrogen) atoms. The molecule has 0 N–H and O–H groups in total. The van der Waals surface area contributed by atoms with Gasteiger partial charge < -0.3 is 0 Å². The van der Waals surface area contributed by atoms with Gasteiger partial charge in [-0.25, -0.2) is 0 Å². The summed E-state index contributed by atoms with van der Waals surface area (Å²) in [5.74, 6) is 0. The second-order valence-corrected chi connectivity index (χ2v) is 8.71. The zero-order chi connectivity index (χ0) is 19.9. The van der Waals surface area contributed by atoms with Crippen LogP contribution in [-0.4, -0.2) is 5.54 Å². The molecule has 3 heteroatoms. The summed E-state index contributed by atoms with van der Waals surface area (Å²) in [6.07, 6.45) is 0. The van der Waals surface area contributed by atoms with Crippen molar-refractivity contribution < 1.29 is 0 Å². The maximum absolute atomic E-state index is 6.55. The van der Waals surface area contributed by atoms with E-state index in [0.29, 0.717) is 0 Å². The van der Waals surface area contributed by atoms with E-state index in [2.05, 4.69) is 84.0 Å². The molecule has 3 aromatic carbocycles. The molecule has 0 atom stereocenters. The monoisotopic (exact) mass is 394 g/mol. The van der Waals surface area contributed by atoms with E-state index >= 15 is 0 Å². The normalized spacial score (nSPS) is 11.0. The minimum Gasteiger partial charge on any atom is -0.164 e. The van der Waals surface area contributed by atoms with E-state index in [9.17, 15) is 0 Å². The molecule has 0 saturated heterocycles. The van der Waals surface area contributed by atoms with Crippen LogP contribution >= 0.6 is 22.9 Å². The molecule has 0 aliphatic heterocycles. The molecule has 138 valence electrons. The average molecular weight is 395 g/mol. The summed E-state index contributed by atoms with van der Waals surface area (Å²) in [4.78, 5) is 0. The van der Waals surface area contributed by atoms with Crippen LogP contribution in [0.4, 0.5) is 0 Å². The minimum atomic E-state index is -0.601. The van der Waals surface area contributed by atoms with Crippen LogP contribution < -0.4 is 5.46 Å². The summed E-state index contributed by atoms with van der Waals surface area (Å²) < 4.78 is 0. The number of hydrogen-bond donors (Lipinski definition) is 0. The van der Waals surface area contributed by atoms with Crippen LogP contribution in [0.2, 0.25) is 0 Å². The summed E-state index contributed by atoms with van der Waals surface area (Å²) in [5, 5.41) is 0.